The van der Waals surface area contributed by atoms with Gasteiger partial charge in [0.15, 0.2) is 5.82 Å². The lowest BCUT2D eigenvalue weighted by Gasteiger charge is -2.06. The van der Waals surface area contributed by atoms with Crippen LogP contribution in [0.2, 0.25) is 0 Å². The average molecular weight is 443 g/mol. The van der Waals surface area contributed by atoms with E-state index in [-0.39, 0.29) is 35.4 Å². The van der Waals surface area contributed by atoms with Gasteiger partial charge >= 0.3 is 18.1 Å². The minimum absolute atomic E-state index is 0.00620. The highest BCUT2D eigenvalue weighted by atomic mass is 19.4. The molecule has 0 fully saturated rings. The van der Waals surface area contributed by atoms with E-state index in [1.54, 1.807) is 27.7 Å². The van der Waals surface area contributed by atoms with Crippen molar-refractivity contribution in [3.63, 3.8) is 0 Å². The number of rotatable bonds is 6. The first-order valence-corrected chi connectivity index (χ1v) is 9.23. The van der Waals surface area contributed by atoms with Crippen molar-refractivity contribution in [3.8, 4) is 5.82 Å². The zero-order chi connectivity index (χ0) is 23.9. The van der Waals surface area contributed by atoms with E-state index in [0.717, 1.165) is 12.1 Å². The van der Waals surface area contributed by atoms with Gasteiger partial charge in [-0.1, -0.05) is 27.7 Å². The summed E-state index contributed by atoms with van der Waals surface area (Å²) in [4.78, 5) is 36.1. The molecule has 11 heteroatoms. The molecule has 0 unspecified atom stereocenters. The minimum atomic E-state index is -4.47. The molecule has 170 valence electrons. The van der Waals surface area contributed by atoms with Crippen LogP contribution in [0.4, 0.5) is 13.2 Å². The summed E-state index contributed by atoms with van der Waals surface area (Å²) >= 11 is 0. The maximum atomic E-state index is 12.5. The Labute approximate surface area is 177 Å². The van der Waals surface area contributed by atoms with Crippen LogP contribution >= 0.6 is 0 Å². The third-order valence-corrected chi connectivity index (χ3v) is 4.02. The summed E-state index contributed by atoms with van der Waals surface area (Å²) in [5, 5.41) is 13.2. The van der Waals surface area contributed by atoms with Gasteiger partial charge in [-0.05, 0) is 18.1 Å². The van der Waals surface area contributed by atoms with E-state index in [2.05, 4.69) is 14.8 Å². The van der Waals surface area contributed by atoms with E-state index in [1.807, 2.05) is 0 Å². The Kier molecular flexibility index (Phi) is 8.89. The molecule has 0 aliphatic carbocycles. The third kappa shape index (κ3) is 7.50. The van der Waals surface area contributed by atoms with Crippen LogP contribution in [-0.2, 0) is 20.5 Å². The second kappa shape index (κ2) is 10.7. The topological polar surface area (TPSA) is 111 Å². The van der Waals surface area contributed by atoms with Gasteiger partial charge in [0.25, 0.3) is 0 Å². The number of ether oxygens (including phenoxy) is 1. The number of esters is 1. The molecule has 0 aliphatic heterocycles. The summed E-state index contributed by atoms with van der Waals surface area (Å²) in [6.07, 6.45) is -2.64. The number of Topliss-reactive ketones (excluding diaryl/α,β-unsaturated/α-hetero) is 1. The third-order valence-electron chi connectivity index (χ3n) is 4.02. The summed E-state index contributed by atoms with van der Waals surface area (Å²) in [6.45, 7) is 7.06. The molecule has 2 aromatic heterocycles. The number of halogens is 3. The number of aromatic nitrogens is 3. The maximum absolute atomic E-state index is 12.5. The van der Waals surface area contributed by atoms with E-state index in [9.17, 15) is 27.6 Å². The molecule has 1 N–H and O–H groups in total. The van der Waals surface area contributed by atoms with Crippen LogP contribution in [0.15, 0.2) is 24.5 Å². The fraction of sp³-hybridized carbons (Fsp3) is 0.450. The van der Waals surface area contributed by atoms with Crippen molar-refractivity contribution in [1.29, 1.82) is 0 Å². The average Bonchev–Trinajstić information content (AvgIpc) is 3.14. The van der Waals surface area contributed by atoms with Crippen molar-refractivity contribution >= 4 is 17.7 Å². The highest BCUT2D eigenvalue weighted by molar-refractivity contribution is 5.96. The summed E-state index contributed by atoms with van der Waals surface area (Å²) < 4.78 is 42.9. The van der Waals surface area contributed by atoms with Crippen LogP contribution in [0.25, 0.3) is 5.82 Å². The van der Waals surface area contributed by atoms with Crippen LogP contribution in [0.5, 0.6) is 0 Å². The number of carboxylic acids is 1. The Bertz CT molecular complexity index is 919. The molecular formula is C20H24F3N3O5. The Hall–Kier alpha value is -3.24. The smallest absolute Gasteiger partial charge is 0.417 e. The van der Waals surface area contributed by atoms with Gasteiger partial charge in [-0.15, -0.1) is 0 Å². The largest absolute Gasteiger partial charge is 0.478 e. The quantitative estimate of drug-likeness (QED) is 0.533. The SMILES string of the molecule is CC(C)c1nn(-c2ccc(C(F)(F)F)cn2)cc1C(=O)O.COC(=O)CC(=O)C(C)C. The normalized spacial score (nSPS) is 11.2. The van der Waals surface area contributed by atoms with Crippen LogP contribution in [0.1, 0.15) is 61.6 Å². The molecule has 0 aromatic carbocycles. The van der Waals surface area contributed by atoms with Crippen molar-refractivity contribution in [2.45, 2.75) is 46.2 Å². The fourth-order valence-corrected chi connectivity index (χ4v) is 2.20. The zero-order valence-corrected chi connectivity index (χ0v) is 17.7. The number of alkyl halides is 3. The van der Waals surface area contributed by atoms with E-state index >= 15 is 0 Å². The molecule has 0 spiro atoms. The molecule has 0 saturated heterocycles. The molecule has 2 heterocycles. The Morgan fingerprint density at radius 3 is 2.13 bits per heavy atom. The number of aromatic carboxylic acids is 1. The molecule has 0 amide bonds. The van der Waals surface area contributed by atoms with Gasteiger partial charge in [0.05, 0.1) is 18.4 Å². The molecule has 31 heavy (non-hydrogen) atoms. The molecule has 0 atom stereocenters. The van der Waals surface area contributed by atoms with Gasteiger partial charge in [-0.3, -0.25) is 9.59 Å². The van der Waals surface area contributed by atoms with Crippen molar-refractivity contribution in [2.24, 2.45) is 5.92 Å². The Morgan fingerprint density at radius 2 is 1.77 bits per heavy atom. The molecule has 0 saturated carbocycles. The second-order valence-corrected chi connectivity index (χ2v) is 7.11. The van der Waals surface area contributed by atoms with E-state index in [0.29, 0.717) is 11.9 Å². The number of nitrogens with zero attached hydrogens (tertiary/aromatic N) is 3. The summed E-state index contributed by atoms with van der Waals surface area (Å²) in [5.41, 5.74) is -0.517. The van der Waals surface area contributed by atoms with Crippen LogP contribution < -0.4 is 0 Å². The highest BCUT2D eigenvalue weighted by Gasteiger charge is 2.30. The molecule has 2 rings (SSSR count). The number of hydrogen-bond donors (Lipinski definition) is 1. The van der Waals surface area contributed by atoms with Crippen molar-refractivity contribution in [3.05, 3.63) is 41.3 Å². The number of methoxy groups -OCH3 is 1. The van der Waals surface area contributed by atoms with Crippen LogP contribution in [0.3, 0.4) is 0 Å². The number of carboxylic acid groups (broad SMARTS) is 1. The number of carbonyl (C=O) groups excluding carboxylic acids is 2. The summed E-state index contributed by atoms with van der Waals surface area (Å²) in [7, 11) is 1.27. The lowest BCUT2D eigenvalue weighted by atomic mass is 10.1. The summed E-state index contributed by atoms with van der Waals surface area (Å²) in [6, 6.07) is 2.02. The second-order valence-electron chi connectivity index (χ2n) is 7.11. The van der Waals surface area contributed by atoms with Crippen molar-refractivity contribution < 1.29 is 37.4 Å². The van der Waals surface area contributed by atoms with Gasteiger partial charge in [0.2, 0.25) is 0 Å². The lowest BCUT2D eigenvalue weighted by Crippen LogP contribution is -2.13. The highest BCUT2D eigenvalue weighted by Crippen LogP contribution is 2.29. The Morgan fingerprint density at radius 1 is 1.16 bits per heavy atom. The number of hydrogen-bond acceptors (Lipinski definition) is 6. The molecule has 0 radical (unpaired) electrons. The zero-order valence-electron chi connectivity index (χ0n) is 17.7. The lowest BCUT2D eigenvalue weighted by molar-refractivity contribution is -0.144. The molecule has 8 nitrogen and oxygen atoms in total. The number of pyridine rings is 1. The first kappa shape index (κ1) is 25.8. The van der Waals surface area contributed by atoms with Crippen LogP contribution in [-0.4, -0.2) is 44.7 Å². The van der Waals surface area contributed by atoms with Crippen LogP contribution in [0, 0.1) is 5.92 Å². The number of ketones is 1. The van der Waals surface area contributed by atoms with E-state index in [4.69, 9.17) is 5.11 Å². The van der Waals surface area contributed by atoms with Gasteiger partial charge < -0.3 is 9.84 Å². The molecule has 0 bridgehead atoms. The number of carbonyl (C=O) groups is 3. The standard InChI is InChI=1S/C13H12F3N3O2.C7H12O3/c1-7(2)11-9(12(20)21)6-19(18-11)10-4-3-8(5-17-10)13(14,15)16;1-5(2)6(8)4-7(9)10-3/h3-7H,1-2H3,(H,20,21);5H,4H2,1-3H3. The summed E-state index contributed by atoms with van der Waals surface area (Å²) in [5.74, 6) is -1.77. The Balaban J connectivity index is 0.000000407. The first-order valence-electron chi connectivity index (χ1n) is 9.23. The molecular weight excluding hydrogens is 419 g/mol. The van der Waals surface area contributed by atoms with Gasteiger partial charge in [0.1, 0.15) is 17.8 Å². The van der Waals surface area contributed by atoms with Gasteiger partial charge in [0, 0.05) is 18.3 Å². The first-order chi connectivity index (χ1) is 14.3. The maximum Gasteiger partial charge on any atom is 0.417 e. The van der Waals surface area contributed by atoms with Crippen molar-refractivity contribution in [2.75, 3.05) is 7.11 Å². The monoisotopic (exact) mass is 443 g/mol. The van der Waals surface area contributed by atoms with Gasteiger partial charge in [-0.2, -0.15) is 18.3 Å². The van der Waals surface area contributed by atoms with E-state index in [1.165, 1.54) is 18.0 Å². The minimum Gasteiger partial charge on any atom is -0.478 e. The van der Waals surface area contributed by atoms with Crippen molar-refractivity contribution in [1.82, 2.24) is 14.8 Å². The molecule has 0 aliphatic rings. The predicted molar refractivity (Wildman–Crippen MR) is 104 cm³/mol. The van der Waals surface area contributed by atoms with E-state index < -0.39 is 23.7 Å². The molecule has 2 aromatic rings. The van der Waals surface area contributed by atoms with Gasteiger partial charge in [-0.25, -0.2) is 14.5 Å². The fourth-order valence-electron chi connectivity index (χ4n) is 2.20. The predicted octanol–water partition coefficient (Wildman–Crippen LogP) is 3.88.